The number of aryl methyl sites for hydroxylation is 1. The van der Waals surface area contributed by atoms with E-state index in [1.807, 2.05) is 66.7 Å². The molecule has 0 bridgehead atoms. The lowest BCUT2D eigenvalue weighted by Crippen LogP contribution is -2.13. The molecule has 0 spiro atoms. The largest absolute Gasteiger partial charge is 0.496 e. The first kappa shape index (κ1) is 24.6. The summed E-state index contributed by atoms with van der Waals surface area (Å²) >= 11 is 0. The van der Waals surface area contributed by atoms with Gasteiger partial charge >= 0.3 is 5.97 Å². The zero-order valence-electron chi connectivity index (χ0n) is 19.2. The molecule has 3 rings (SSSR count). The first-order valence-electron chi connectivity index (χ1n) is 10.7. The van der Waals surface area contributed by atoms with Gasteiger partial charge in [-0.15, -0.1) is 0 Å². The van der Waals surface area contributed by atoms with E-state index in [-0.39, 0.29) is 13.0 Å². The van der Waals surface area contributed by atoms with Crippen molar-refractivity contribution in [2.24, 2.45) is 11.1 Å². The van der Waals surface area contributed by atoms with Crippen molar-refractivity contribution in [3.8, 4) is 17.2 Å². The van der Waals surface area contributed by atoms with Gasteiger partial charge in [-0.1, -0.05) is 53.7 Å². The molecule has 0 atom stereocenters. The number of carbonyl (C=O) groups is 1. The molecule has 178 valence electrons. The molecule has 8 heteroatoms. The Morgan fingerprint density at radius 3 is 2.32 bits per heavy atom. The van der Waals surface area contributed by atoms with E-state index in [0.717, 1.165) is 16.7 Å². The van der Waals surface area contributed by atoms with Crippen molar-refractivity contribution in [3.05, 3.63) is 89.5 Å². The fourth-order valence-corrected chi connectivity index (χ4v) is 3.22. The van der Waals surface area contributed by atoms with Crippen molar-refractivity contribution in [2.45, 2.75) is 19.4 Å². The molecule has 0 fully saturated rings. The molecule has 0 heterocycles. The van der Waals surface area contributed by atoms with Crippen LogP contribution in [0.3, 0.4) is 0 Å². The van der Waals surface area contributed by atoms with Crippen molar-refractivity contribution in [1.29, 1.82) is 0 Å². The van der Waals surface area contributed by atoms with E-state index in [0.29, 0.717) is 36.0 Å². The third-order valence-corrected chi connectivity index (χ3v) is 5.00. The third kappa shape index (κ3) is 7.25. The van der Waals surface area contributed by atoms with Crippen LogP contribution in [0.4, 0.5) is 0 Å². The number of ether oxygens (including phenoxy) is 3. The topological polar surface area (TPSA) is 102 Å². The number of hydrogen-bond donors (Lipinski definition) is 1. The summed E-state index contributed by atoms with van der Waals surface area (Å²) in [5, 5.41) is 4.07. The van der Waals surface area contributed by atoms with Gasteiger partial charge in [-0.3, -0.25) is 4.79 Å². The molecule has 0 unspecified atom stereocenters. The van der Waals surface area contributed by atoms with Gasteiger partial charge in [0.05, 0.1) is 13.5 Å². The van der Waals surface area contributed by atoms with E-state index in [1.165, 1.54) is 7.11 Å². The summed E-state index contributed by atoms with van der Waals surface area (Å²) in [5.41, 5.74) is 3.49. The molecule has 34 heavy (non-hydrogen) atoms. The van der Waals surface area contributed by atoms with Gasteiger partial charge in [-0.2, -0.15) is 5.90 Å². The number of hydrogen-bond acceptors (Lipinski definition) is 8. The van der Waals surface area contributed by atoms with E-state index in [1.54, 1.807) is 13.2 Å². The van der Waals surface area contributed by atoms with Crippen LogP contribution in [0, 0.1) is 0 Å². The maximum atomic E-state index is 11.3. The molecule has 0 aliphatic heterocycles. The number of nitrogens with two attached hydrogens (primary N) is 1. The summed E-state index contributed by atoms with van der Waals surface area (Å²) in [6.45, 7) is 0.658. The Morgan fingerprint density at radius 1 is 0.912 bits per heavy atom. The minimum Gasteiger partial charge on any atom is -0.496 e. The molecule has 0 saturated carbocycles. The average molecular weight is 465 g/mol. The molecule has 0 aliphatic rings. The van der Waals surface area contributed by atoms with Gasteiger partial charge in [0.2, 0.25) is 0 Å². The molecule has 0 saturated heterocycles. The van der Waals surface area contributed by atoms with Crippen molar-refractivity contribution >= 4 is 11.7 Å². The van der Waals surface area contributed by atoms with E-state index >= 15 is 0 Å². The van der Waals surface area contributed by atoms with Crippen LogP contribution in [-0.2, 0) is 27.5 Å². The maximum Gasteiger partial charge on any atom is 0.324 e. The lowest BCUT2D eigenvalue weighted by molar-refractivity contribution is -0.144. The number of rotatable bonds is 12. The number of benzene rings is 3. The van der Waals surface area contributed by atoms with Gasteiger partial charge in [0.15, 0.2) is 0 Å². The van der Waals surface area contributed by atoms with Crippen LogP contribution >= 0.6 is 0 Å². The lowest BCUT2D eigenvalue weighted by atomic mass is 10.1. The minimum absolute atomic E-state index is 0.172. The fourth-order valence-electron chi connectivity index (χ4n) is 3.22. The summed E-state index contributed by atoms with van der Waals surface area (Å²) in [4.78, 5) is 20.4. The standard InChI is InChI=1S/C26H28N2O6/c1-30-25-16-23(14-10-21(25)11-15-26(29)34-27)32-17-19-8-12-22(13-9-19)33-18-24(28-31-2)20-6-4-3-5-7-20/h3-10,12-14,16H,11,15,17-18,27H2,1-2H3/b28-24+. The summed E-state index contributed by atoms with van der Waals surface area (Å²) in [6.07, 6.45) is 0.633. The van der Waals surface area contributed by atoms with Crippen molar-refractivity contribution in [2.75, 3.05) is 20.8 Å². The van der Waals surface area contributed by atoms with Crippen LogP contribution in [0.25, 0.3) is 0 Å². The molecule has 0 radical (unpaired) electrons. The molecule has 3 aromatic rings. The van der Waals surface area contributed by atoms with Crippen molar-refractivity contribution in [1.82, 2.24) is 0 Å². The molecule has 0 aromatic heterocycles. The third-order valence-electron chi connectivity index (χ3n) is 5.00. The Hall–Kier alpha value is -4.04. The summed E-state index contributed by atoms with van der Waals surface area (Å²) in [5.74, 6) is 6.42. The van der Waals surface area contributed by atoms with Crippen LogP contribution in [0.2, 0.25) is 0 Å². The Bertz CT molecular complexity index is 1080. The predicted molar refractivity (Wildman–Crippen MR) is 128 cm³/mol. The second-order valence-corrected chi connectivity index (χ2v) is 7.27. The number of methoxy groups -OCH3 is 1. The van der Waals surface area contributed by atoms with Crippen LogP contribution < -0.4 is 20.1 Å². The smallest absolute Gasteiger partial charge is 0.324 e. The summed E-state index contributed by atoms with van der Waals surface area (Å²) in [6, 6.07) is 22.9. The second-order valence-electron chi connectivity index (χ2n) is 7.27. The van der Waals surface area contributed by atoms with Crippen LogP contribution in [0.1, 0.15) is 23.1 Å². The van der Waals surface area contributed by atoms with Gasteiger partial charge < -0.3 is 23.9 Å². The van der Waals surface area contributed by atoms with Crippen LogP contribution in [0.15, 0.2) is 78.0 Å². The van der Waals surface area contributed by atoms with Gasteiger partial charge in [0.1, 0.15) is 43.3 Å². The normalized spacial score (nSPS) is 11.0. The van der Waals surface area contributed by atoms with Crippen LogP contribution in [0.5, 0.6) is 17.2 Å². The Kier molecular flexibility index (Phi) is 9.30. The Morgan fingerprint density at radius 2 is 1.65 bits per heavy atom. The van der Waals surface area contributed by atoms with E-state index in [4.69, 9.17) is 24.9 Å². The Labute approximate surface area is 198 Å². The molecule has 3 aromatic carbocycles. The highest BCUT2D eigenvalue weighted by Gasteiger charge is 2.10. The van der Waals surface area contributed by atoms with E-state index in [9.17, 15) is 4.79 Å². The van der Waals surface area contributed by atoms with Gasteiger partial charge in [-0.25, -0.2) is 0 Å². The highest BCUT2D eigenvalue weighted by molar-refractivity contribution is 6.01. The number of oxime groups is 1. The van der Waals surface area contributed by atoms with Crippen LogP contribution in [-0.4, -0.2) is 32.5 Å². The van der Waals surface area contributed by atoms with Gasteiger partial charge in [0, 0.05) is 11.6 Å². The average Bonchev–Trinajstić information content (AvgIpc) is 2.89. The highest BCUT2D eigenvalue weighted by atomic mass is 16.7. The molecule has 0 aliphatic carbocycles. The van der Waals surface area contributed by atoms with Gasteiger partial charge in [-0.05, 0) is 35.7 Å². The number of nitrogens with zero attached hydrogens (tertiary/aromatic N) is 1. The second kappa shape index (κ2) is 12.9. The van der Waals surface area contributed by atoms with Crippen molar-refractivity contribution in [3.63, 3.8) is 0 Å². The van der Waals surface area contributed by atoms with Crippen molar-refractivity contribution < 1.29 is 28.7 Å². The summed E-state index contributed by atoms with van der Waals surface area (Å²) < 4.78 is 17.2. The lowest BCUT2D eigenvalue weighted by Gasteiger charge is -2.12. The molecule has 8 nitrogen and oxygen atoms in total. The molecule has 0 amide bonds. The van der Waals surface area contributed by atoms with E-state index < -0.39 is 5.97 Å². The molecular formula is C26H28N2O6. The first-order valence-corrected chi connectivity index (χ1v) is 10.7. The molecular weight excluding hydrogens is 436 g/mol. The zero-order valence-corrected chi connectivity index (χ0v) is 19.2. The van der Waals surface area contributed by atoms with Gasteiger partial charge in [0.25, 0.3) is 0 Å². The van der Waals surface area contributed by atoms with E-state index in [2.05, 4.69) is 9.99 Å². The highest BCUT2D eigenvalue weighted by Crippen LogP contribution is 2.26. The monoisotopic (exact) mass is 464 g/mol. The zero-order chi connectivity index (χ0) is 24.2. The SMILES string of the molecule is CO/N=C(\COc1ccc(COc2ccc(CCC(=O)ON)c(OC)c2)cc1)c1ccccc1. The Balaban J connectivity index is 1.54. The quantitative estimate of drug-likeness (QED) is 0.319. The minimum atomic E-state index is -0.475. The first-order chi connectivity index (χ1) is 16.6. The summed E-state index contributed by atoms with van der Waals surface area (Å²) in [7, 11) is 3.09. The molecule has 2 N–H and O–H groups in total. The fraction of sp³-hybridized carbons (Fsp3) is 0.231. The number of carbonyl (C=O) groups excluding carboxylic acids is 1. The maximum absolute atomic E-state index is 11.3. The predicted octanol–water partition coefficient (Wildman–Crippen LogP) is 4.05.